The molecule has 4 heteroatoms. The molecule has 1 aromatic rings. The third kappa shape index (κ3) is 4.08. The van der Waals surface area contributed by atoms with E-state index in [0.717, 1.165) is 5.56 Å². The first kappa shape index (κ1) is 15.2. The third-order valence-electron chi connectivity index (χ3n) is 3.12. The Morgan fingerprint density at radius 1 is 1.47 bits per heavy atom. The lowest BCUT2D eigenvalue weighted by atomic mass is 10.1. The standard InChI is InChI=1S/C15H21N3O/c1-4-18(15(19)12(2)10-17-3)11-14-8-6-5-7-13(14)9-16/h5-8,12,17H,4,10-11H2,1-3H3. The first-order valence-corrected chi connectivity index (χ1v) is 6.55. The summed E-state index contributed by atoms with van der Waals surface area (Å²) in [7, 11) is 1.84. The maximum Gasteiger partial charge on any atom is 0.226 e. The average molecular weight is 259 g/mol. The van der Waals surface area contributed by atoms with E-state index in [1.807, 2.05) is 39.1 Å². The second-order valence-corrected chi connectivity index (χ2v) is 4.58. The zero-order chi connectivity index (χ0) is 14.3. The Balaban J connectivity index is 2.82. The smallest absolute Gasteiger partial charge is 0.226 e. The van der Waals surface area contributed by atoms with E-state index in [1.165, 1.54) is 0 Å². The van der Waals surface area contributed by atoms with Crippen LogP contribution in [-0.2, 0) is 11.3 Å². The van der Waals surface area contributed by atoms with Crippen molar-refractivity contribution in [1.82, 2.24) is 10.2 Å². The number of nitriles is 1. The molecule has 1 amide bonds. The van der Waals surface area contributed by atoms with Gasteiger partial charge in [0, 0.05) is 25.6 Å². The second kappa shape index (κ2) is 7.55. The van der Waals surface area contributed by atoms with Crippen molar-refractivity contribution in [3.05, 3.63) is 35.4 Å². The van der Waals surface area contributed by atoms with E-state index in [1.54, 1.807) is 11.0 Å². The SMILES string of the molecule is CCN(Cc1ccccc1C#N)C(=O)C(C)CNC. The van der Waals surface area contributed by atoms with Gasteiger partial charge >= 0.3 is 0 Å². The molecule has 0 aliphatic heterocycles. The molecule has 0 radical (unpaired) electrons. The minimum Gasteiger partial charge on any atom is -0.338 e. The van der Waals surface area contributed by atoms with E-state index < -0.39 is 0 Å². The van der Waals surface area contributed by atoms with Crippen LogP contribution in [0.25, 0.3) is 0 Å². The predicted molar refractivity (Wildman–Crippen MR) is 75.3 cm³/mol. The molecule has 102 valence electrons. The fourth-order valence-corrected chi connectivity index (χ4v) is 2.02. The summed E-state index contributed by atoms with van der Waals surface area (Å²) >= 11 is 0. The first-order chi connectivity index (χ1) is 9.13. The van der Waals surface area contributed by atoms with Crippen LogP contribution < -0.4 is 5.32 Å². The number of rotatable bonds is 6. The number of amides is 1. The minimum atomic E-state index is -0.0563. The van der Waals surface area contributed by atoms with Gasteiger partial charge in [0.05, 0.1) is 11.6 Å². The van der Waals surface area contributed by atoms with Crippen LogP contribution in [0.3, 0.4) is 0 Å². The van der Waals surface area contributed by atoms with Gasteiger partial charge in [-0.1, -0.05) is 25.1 Å². The van der Waals surface area contributed by atoms with Gasteiger partial charge in [-0.3, -0.25) is 4.79 Å². The summed E-state index contributed by atoms with van der Waals surface area (Å²) < 4.78 is 0. The number of benzene rings is 1. The van der Waals surface area contributed by atoms with Gasteiger partial charge in [-0.25, -0.2) is 0 Å². The van der Waals surface area contributed by atoms with Crippen molar-refractivity contribution in [2.45, 2.75) is 20.4 Å². The van der Waals surface area contributed by atoms with Crippen LogP contribution in [0.4, 0.5) is 0 Å². The highest BCUT2D eigenvalue weighted by molar-refractivity contribution is 5.78. The molecule has 19 heavy (non-hydrogen) atoms. The molecule has 1 rings (SSSR count). The molecule has 1 unspecified atom stereocenters. The molecule has 1 atom stereocenters. The molecule has 1 aromatic carbocycles. The Kier molecular flexibility index (Phi) is 6.04. The van der Waals surface area contributed by atoms with Crippen molar-refractivity contribution in [1.29, 1.82) is 5.26 Å². The van der Waals surface area contributed by atoms with Gasteiger partial charge < -0.3 is 10.2 Å². The Bertz CT molecular complexity index is 465. The minimum absolute atomic E-state index is 0.0563. The molecule has 0 saturated heterocycles. The van der Waals surface area contributed by atoms with Crippen LogP contribution >= 0.6 is 0 Å². The van der Waals surface area contributed by atoms with E-state index in [9.17, 15) is 4.79 Å². The van der Waals surface area contributed by atoms with E-state index in [2.05, 4.69) is 11.4 Å². The molecule has 0 fully saturated rings. The van der Waals surface area contributed by atoms with Crippen LogP contribution in [0.15, 0.2) is 24.3 Å². The van der Waals surface area contributed by atoms with Crippen LogP contribution in [0, 0.1) is 17.2 Å². The maximum absolute atomic E-state index is 12.3. The molecule has 0 aliphatic carbocycles. The summed E-state index contributed by atoms with van der Waals surface area (Å²) in [6, 6.07) is 9.58. The van der Waals surface area contributed by atoms with Crippen molar-refractivity contribution in [3.63, 3.8) is 0 Å². The fraction of sp³-hybridized carbons (Fsp3) is 0.467. The highest BCUT2D eigenvalue weighted by Crippen LogP contribution is 2.12. The Morgan fingerprint density at radius 3 is 2.74 bits per heavy atom. The van der Waals surface area contributed by atoms with Crippen molar-refractivity contribution in [2.24, 2.45) is 5.92 Å². The molecular formula is C15H21N3O. The van der Waals surface area contributed by atoms with E-state index in [0.29, 0.717) is 25.2 Å². The monoisotopic (exact) mass is 259 g/mol. The van der Waals surface area contributed by atoms with Gasteiger partial charge in [0.1, 0.15) is 0 Å². The topological polar surface area (TPSA) is 56.1 Å². The Morgan fingerprint density at radius 2 is 2.16 bits per heavy atom. The quantitative estimate of drug-likeness (QED) is 0.847. The number of carbonyl (C=O) groups excluding carboxylic acids is 1. The maximum atomic E-state index is 12.3. The van der Waals surface area contributed by atoms with Gasteiger partial charge in [0.15, 0.2) is 0 Å². The van der Waals surface area contributed by atoms with Gasteiger partial charge in [0.25, 0.3) is 0 Å². The van der Waals surface area contributed by atoms with Crippen LogP contribution in [0.2, 0.25) is 0 Å². The van der Waals surface area contributed by atoms with Crippen LogP contribution in [0.1, 0.15) is 25.0 Å². The van der Waals surface area contributed by atoms with Gasteiger partial charge in [-0.15, -0.1) is 0 Å². The summed E-state index contributed by atoms with van der Waals surface area (Å²) in [4.78, 5) is 14.1. The second-order valence-electron chi connectivity index (χ2n) is 4.58. The van der Waals surface area contributed by atoms with Gasteiger partial charge in [-0.2, -0.15) is 5.26 Å². The van der Waals surface area contributed by atoms with Crippen molar-refractivity contribution in [2.75, 3.05) is 20.1 Å². The normalized spacial score (nSPS) is 11.7. The number of nitrogens with zero attached hydrogens (tertiary/aromatic N) is 2. The van der Waals surface area contributed by atoms with E-state index >= 15 is 0 Å². The molecule has 0 aliphatic rings. The van der Waals surface area contributed by atoms with Crippen molar-refractivity contribution >= 4 is 5.91 Å². The summed E-state index contributed by atoms with van der Waals surface area (Å²) in [5, 5.41) is 12.1. The molecule has 0 aromatic heterocycles. The van der Waals surface area contributed by atoms with Crippen molar-refractivity contribution in [3.8, 4) is 6.07 Å². The average Bonchev–Trinajstić information content (AvgIpc) is 2.44. The van der Waals surface area contributed by atoms with E-state index in [4.69, 9.17) is 5.26 Å². The summed E-state index contributed by atoms with van der Waals surface area (Å²) in [5.41, 5.74) is 1.53. The largest absolute Gasteiger partial charge is 0.338 e. The summed E-state index contributed by atoms with van der Waals surface area (Å²) in [5.74, 6) is 0.0591. The highest BCUT2D eigenvalue weighted by Gasteiger charge is 2.19. The van der Waals surface area contributed by atoms with Crippen molar-refractivity contribution < 1.29 is 4.79 Å². The highest BCUT2D eigenvalue weighted by atomic mass is 16.2. The number of nitrogens with one attached hydrogen (secondary N) is 1. The molecule has 0 saturated carbocycles. The molecule has 4 nitrogen and oxygen atoms in total. The zero-order valence-electron chi connectivity index (χ0n) is 11.8. The molecule has 0 bridgehead atoms. The third-order valence-corrected chi connectivity index (χ3v) is 3.12. The lowest BCUT2D eigenvalue weighted by molar-refractivity contribution is -0.135. The zero-order valence-corrected chi connectivity index (χ0v) is 11.8. The molecule has 0 heterocycles. The fourth-order valence-electron chi connectivity index (χ4n) is 2.02. The summed E-state index contributed by atoms with van der Waals surface area (Å²) in [6.07, 6.45) is 0. The predicted octanol–water partition coefficient (Wildman–Crippen LogP) is 1.76. The molecule has 1 N–H and O–H groups in total. The van der Waals surface area contributed by atoms with Gasteiger partial charge in [-0.05, 0) is 25.6 Å². The molecule has 0 spiro atoms. The number of hydrogen-bond acceptors (Lipinski definition) is 3. The Labute approximate surface area is 115 Å². The first-order valence-electron chi connectivity index (χ1n) is 6.55. The Hall–Kier alpha value is -1.86. The van der Waals surface area contributed by atoms with E-state index in [-0.39, 0.29) is 11.8 Å². The summed E-state index contributed by atoms with van der Waals surface area (Å²) in [6.45, 7) is 5.67. The number of hydrogen-bond donors (Lipinski definition) is 1. The lowest BCUT2D eigenvalue weighted by Crippen LogP contribution is -2.38. The van der Waals surface area contributed by atoms with Crippen LogP contribution in [0.5, 0.6) is 0 Å². The number of carbonyl (C=O) groups is 1. The van der Waals surface area contributed by atoms with Crippen LogP contribution in [-0.4, -0.2) is 30.9 Å². The molecular weight excluding hydrogens is 238 g/mol. The van der Waals surface area contributed by atoms with Gasteiger partial charge in [0.2, 0.25) is 5.91 Å². The lowest BCUT2D eigenvalue weighted by Gasteiger charge is -2.25.